The van der Waals surface area contributed by atoms with E-state index >= 15 is 0 Å². The highest BCUT2D eigenvalue weighted by Gasteiger charge is 2.26. The molecule has 0 aromatic carbocycles. The fraction of sp³-hybridized carbons (Fsp3) is 0.800. The molecule has 2 unspecified atom stereocenters. The minimum atomic E-state index is -0.167. The van der Waals surface area contributed by atoms with Crippen molar-refractivity contribution in [1.82, 2.24) is 10.6 Å². The van der Waals surface area contributed by atoms with E-state index in [4.69, 9.17) is 10.4 Å². The van der Waals surface area contributed by atoms with Crippen molar-refractivity contribution < 1.29 is 9.90 Å². The first kappa shape index (κ1) is 12.0. The van der Waals surface area contributed by atoms with Gasteiger partial charge in [0.15, 0.2) is 0 Å². The van der Waals surface area contributed by atoms with Gasteiger partial charge in [0.1, 0.15) is 6.54 Å². The molecular weight excluding hydrogens is 194 g/mol. The van der Waals surface area contributed by atoms with Crippen LogP contribution >= 0.6 is 0 Å². The highest BCUT2D eigenvalue weighted by molar-refractivity contribution is 5.78. The third kappa shape index (κ3) is 3.86. The molecule has 5 nitrogen and oxygen atoms in total. The largest absolute Gasteiger partial charge is 0.396 e. The minimum absolute atomic E-state index is 0.0502. The summed E-state index contributed by atoms with van der Waals surface area (Å²) in [7, 11) is 0. The Kier molecular flexibility index (Phi) is 5.08. The smallest absolute Gasteiger partial charge is 0.234 e. The van der Waals surface area contributed by atoms with Gasteiger partial charge in [-0.25, -0.2) is 0 Å². The van der Waals surface area contributed by atoms with Crippen LogP contribution in [0.4, 0.5) is 0 Å². The zero-order valence-corrected chi connectivity index (χ0v) is 8.70. The van der Waals surface area contributed by atoms with Crippen molar-refractivity contribution in [2.75, 3.05) is 19.7 Å². The fourth-order valence-corrected chi connectivity index (χ4v) is 1.95. The normalized spacial score (nSPS) is 24.8. The molecule has 5 heteroatoms. The number of hydrogen-bond donors (Lipinski definition) is 3. The number of rotatable bonds is 5. The molecule has 2 atom stereocenters. The van der Waals surface area contributed by atoms with Gasteiger partial charge in [0.05, 0.1) is 12.6 Å². The maximum Gasteiger partial charge on any atom is 0.234 e. The quantitative estimate of drug-likeness (QED) is 0.529. The Balaban J connectivity index is 2.19. The van der Waals surface area contributed by atoms with Gasteiger partial charge in [0, 0.05) is 12.6 Å². The Labute approximate surface area is 89.5 Å². The molecule has 0 spiro atoms. The molecule has 0 radical (unpaired) electrons. The van der Waals surface area contributed by atoms with Crippen molar-refractivity contribution in [3.63, 3.8) is 0 Å². The summed E-state index contributed by atoms with van der Waals surface area (Å²) in [5.41, 5.74) is 0. The predicted octanol–water partition coefficient (Wildman–Crippen LogP) is -0.623. The molecular formula is C10H17N3O2. The van der Waals surface area contributed by atoms with Crippen LogP contribution < -0.4 is 10.6 Å². The van der Waals surface area contributed by atoms with E-state index in [9.17, 15) is 4.79 Å². The molecule has 0 heterocycles. The maximum absolute atomic E-state index is 11.2. The minimum Gasteiger partial charge on any atom is -0.396 e. The van der Waals surface area contributed by atoms with Crippen LogP contribution in [0.3, 0.4) is 0 Å². The Morgan fingerprint density at radius 2 is 2.33 bits per heavy atom. The van der Waals surface area contributed by atoms with Crippen molar-refractivity contribution in [1.29, 1.82) is 5.26 Å². The lowest BCUT2D eigenvalue weighted by atomic mass is 10.1. The SMILES string of the molecule is N#CCNC(=O)CNC1CCCC1CO. The van der Waals surface area contributed by atoms with Crippen molar-refractivity contribution in [2.45, 2.75) is 25.3 Å². The molecule has 3 N–H and O–H groups in total. The van der Waals surface area contributed by atoms with Crippen LogP contribution in [0.5, 0.6) is 0 Å². The van der Waals surface area contributed by atoms with E-state index in [1.807, 2.05) is 6.07 Å². The van der Waals surface area contributed by atoms with E-state index in [-0.39, 0.29) is 37.6 Å². The Morgan fingerprint density at radius 3 is 3.00 bits per heavy atom. The van der Waals surface area contributed by atoms with Gasteiger partial charge in [-0.3, -0.25) is 4.79 Å². The van der Waals surface area contributed by atoms with E-state index in [2.05, 4.69) is 10.6 Å². The van der Waals surface area contributed by atoms with Gasteiger partial charge < -0.3 is 15.7 Å². The summed E-state index contributed by atoms with van der Waals surface area (Å²) < 4.78 is 0. The summed E-state index contributed by atoms with van der Waals surface area (Å²) in [6, 6.07) is 2.09. The average Bonchev–Trinajstić information content (AvgIpc) is 2.70. The Hall–Kier alpha value is -1.12. The second-order valence-corrected chi connectivity index (χ2v) is 3.80. The van der Waals surface area contributed by atoms with Crippen LogP contribution in [-0.2, 0) is 4.79 Å². The molecule has 1 amide bonds. The highest BCUT2D eigenvalue weighted by atomic mass is 16.3. The number of nitriles is 1. The Bertz CT molecular complexity index is 250. The van der Waals surface area contributed by atoms with E-state index in [1.165, 1.54) is 0 Å². The fourth-order valence-electron chi connectivity index (χ4n) is 1.95. The first-order valence-corrected chi connectivity index (χ1v) is 5.25. The van der Waals surface area contributed by atoms with Crippen LogP contribution in [0.15, 0.2) is 0 Å². The monoisotopic (exact) mass is 211 g/mol. The van der Waals surface area contributed by atoms with Gasteiger partial charge in [-0.2, -0.15) is 5.26 Å². The van der Waals surface area contributed by atoms with Crippen molar-refractivity contribution in [3.05, 3.63) is 0 Å². The summed E-state index contributed by atoms with van der Waals surface area (Å²) >= 11 is 0. The van der Waals surface area contributed by atoms with Crippen LogP contribution in [0.25, 0.3) is 0 Å². The molecule has 1 aliphatic rings. The van der Waals surface area contributed by atoms with Gasteiger partial charge in [0.2, 0.25) is 5.91 Å². The number of amides is 1. The second kappa shape index (κ2) is 6.38. The Morgan fingerprint density at radius 1 is 1.53 bits per heavy atom. The van der Waals surface area contributed by atoms with E-state index in [0.717, 1.165) is 19.3 Å². The topological polar surface area (TPSA) is 85.2 Å². The molecule has 84 valence electrons. The zero-order valence-electron chi connectivity index (χ0n) is 8.70. The number of hydrogen-bond acceptors (Lipinski definition) is 4. The van der Waals surface area contributed by atoms with E-state index < -0.39 is 0 Å². The van der Waals surface area contributed by atoms with E-state index in [0.29, 0.717) is 0 Å². The molecule has 0 bridgehead atoms. The van der Waals surface area contributed by atoms with Gasteiger partial charge in [0.25, 0.3) is 0 Å². The summed E-state index contributed by atoms with van der Waals surface area (Å²) in [5.74, 6) is 0.105. The molecule has 0 saturated heterocycles. The summed E-state index contributed by atoms with van der Waals surface area (Å²) in [6.45, 7) is 0.453. The van der Waals surface area contributed by atoms with Crippen LogP contribution in [0.2, 0.25) is 0 Å². The lowest BCUT2D eigenvalue weighted by Crippen LogP contribution is -2.41. The molecule has 1 aliphatic carbocycles. The average molecular weight is 211 g/mol. The zero-order chi connectivity index (χ0) is 11.1. The third-order valence-corrected chi connectivity index (χ3v) is 2.78. The van der Waals surface area contributed by atoms with Gasteiger partial charge >= 0.3 is 0 Å². The summed E-state index contributed by atoms with van der Waals surface area (Å²) in [6.07, 6.45) is 3.13. The number of aliphatic hydroxyl groups excluding tert-OH is 1. The number of nitrogens with one attached hydrogen (secondary N) is 2. The summed E-state index contributed by atoms with van der Waals surface area (Å²) in [5, 5.41) is 22.9. The number of carbonyl (C=O) groups is 1. The molecule has 1 fully saturated rings. The standard InChI is InChI=1S/C10H17N3O2/c11-4-5-12-10(15)6-13-9-3-1-2-8(9)7-14/h8-9,13-14H,1-3,5-7H2,(H,12,15). The molecule has 0 aromatic rings. The van der Waals surface area contributed by atoms with Gasteiger partial charge in [-0.05, 0) is 18.8 Å². The van der Waals surface area contributed by atoms with Crippen LogP contribution in [0.1, 0.15) is 19.3 Å². The van der Waals surface area contributed by atoms with Crippen molar-refractivity contribution >= 4 is 5.91 Å². The van der Waals surface area contributed by atoms with Crippen LogP contribution in [0, 0.1) is 17.2 Å². The molecule has 0 aromatic heterocycles. The van der Waals surface area contributed by atoms with Crippen molar-refractivity contribution in [3.8, 4) is 6.07 Å². The van der Waals surface area contributed by atoms with E-state index in [1.54, 1.807) is 0 Å². The van der Waals surface area contributed by atoms with Gasteiger partial charge in [-0.15, -0.1) is 0 Å². The molecule has 0 aliphatic heterocycles. The first-order valence-electron chi connectivity index (χ1n) is 5.25. The number of nitrogens with zero attached hydrogens (tertiary/aromatic N) is 1. The van der Waals surface area contributed by atoms with Crippen LogP contribution in [-0.4, -0.2) is 36.8 Å². The molecule has 1 rings (SSSR count). The highest BCUT2D eigenvalue weighted by Crippen LogP contribution is 2.24. The maximum atomic E-state index is 11.2. The molecule has 1 saturated carbocycles. The molecule has 15 heavy (non-hydrogen) atoms. The summed E-state index contributed by atoms with van der Waals surface area (Å²) in [4.78, 5) is 11.2. The predicted molar refractivity (Wildman–Crippen MR) is 54.8 cm³/mol. The first-order chi connectivity index (χ1) is 7.27. The third-order valence-electron chi connectivity index (χ3n) is 2.78. The number of carbonyl (C=O) groups excluding carboxylic acids is 1. The lowest BCUT2D eigenvalue weighted by molar-refractivity contribution is -0.120. The van der Waals surface area contributed by atoms with Crippen molar-refractivity contribution in [2.24, 2.45) is 5.92 Å². The lowest BCUT2D eigenvalue weighted by Gasteiger charge is -2.18. The van der Waals surface area contributed by atoms with Gasteiger partial charge in [-0.1, -0.05) is 6.42 Å². The number of aliphatic hydroxyl groups is 1. The second-order valence-electron chi connectivity index (χ2n) is 3.80.